The van der Waals surface area contributed by atoms with E-state index in [1.165, 1.54) is 0 Å². The van der Waals surface area contributed by atoms with E-state index in [2.05, 4.69) is 30.1 Å². The third-order valence-electron chi connectivity index (χ3n) is 6.43. The Kier molecular flexibility index (Phi) is 5.21. The number of amides is 3. The largest absolute Gasteiger partial charge is 0.330 e. The van der Waals surface area contributed by atoms with Crippen LogP contribution in [0.25, 0.3) is 0 Å². The summed E-state index contributed by atoms with van der Waals surface area (Å²) in [5.74, 6) is -0.0507. The fourth-order valence-corrected chi connectivity index (χ4v) is 4.76. The summed E-state index contributed by atoms with van der Waals surface area (Å²) in [6.45, 7) is 8.54. The Labute approximate surface area is 171 Å². The maximum Gasteiger partial charge on any atom is 0.255 e. The second-order valence-corrected chi connectivity index (χ2v) is 9.52. The average Bonchev–Trinajstić information content (AvgIpc) is 2.96. The molecule has 0 aliphatic carbocycles. The van der Waals surface area contributed by atoms with Gasteiger partial charge in [-0.2, -0.15) is 0 Å². The Morgan fingerprint density at radius 2 is 1.97 bits per heavy atom. The SMILES string of the molecule is CC(C)(CN)CC1CN(Cc2ccc3c(c2)C(=O)N(C2CCC(=O)NC2=O)C3)C1. The van der Waals surface area contributed by atoms with Crippen LogP contribution in [0.4, 0.5) is 0 Å². The van der Waals surface area contributed by atoms with Gasteiger partial charge in [0.15, 0.2) is 0 Å². The van der Waals surface area contributed by atoms with Gasteiger partial charge in [0, 0.05) is 38.2 Å². The second kappa shape index (κ2) is 7.54. The molecule has 2 saturated heterocycles. The van der Waals surface area contributed by atoms with Gasteiger partial charge in [-0.3, -0.25) is 24.6 Å². The van der Waals surface area contributed by atoms with Crippen LogP contribution in [-0.2, 0) is 22.7 Å². The van der Waals surface area contributed by atoms with Crippen molar-refractivity contribution < 1.29 is 14.4 Å². The normalized spacial score (nSPS) is 23.2. The number of rotatable bonds is 6. The van der Waals surface area contributed by atoms with E-state index in [1.54, 1.807) is 4.90 Å². The zero-order valence-electron chi connectivity index (χ0n) is 17.2. The number of piperidine rings is 1. The van der Waals surface area contributed by atoms with Crippen LogP contribution in [-0.4, -0.2) is 53.2 Å². The summed E-state index contributed by atoms with van der Waals surface area (Å²) < 4.78 is 0. The van der Waals surface area contributed by atoms with Gasteiger partial charge in [-0.25, -0.2) is 0 Å². The van der Waals surface area contributed by atoms with Gasteiger partial charge in [-0.1, -0.05) is 26.0 Å². The summed E-state index contributed by atoms with van der Waals surface area (Å²) in [7, 11) is 0. The van der Waals surface area contributed by atoms with Crippen molar-refractivity contribution in [2.75, 3.05) is 19.6 Å². The predicted octanol–water partition coefficient (Wildman–Crippen LogP) is 1.25. The highest BCUT2D eigenvalue weighted by atomic mass is 16.2. The van der Waals surface area contributed by atoms with Gasteiger partial charge in [-0.15, -0.1) is 0 Å². The molecule has 0 aromatic heterocycles. The molecule has 4 rings (SSSR count). The molecule has 7 heteroatoms. The number of carbonyl (C=O) groups is 3. The molecule has 29 heavy (non-hydrogen) atoms. The maximum absolute atomic E-state index is 12.9. The molecule has 156 valence electrons. The Morgan fingerprint density at radius 3 is 2.66 bits per heavy atom. The molecule has 3 aliphatic rings. The highest BCUT2D eigenvalue weighted by molar-refractivity contribution is 6.05. The second-order valence-electron chi connectivity index (χ2n) is 9.52. The fourth-order valence-electron chi connectivity index (χ4n) is 4.76. The number of benzene rings is 1. The Bertz CT molecular complexity index is 844. The molecule has 2 fully saturated rings. The number of nitrogens with two attached hydrogens (primary N) is 1. The Balaban J connectivity index is 1.37. The average molecular weight is 399 g/mol. The molecule has 3 amide bonds. The minimum Gasteiger partial charge on any atom is -0.330 e. The number of imide groups is 1. The summed E-state index contributed by atoms with van der Waals surface area (Å²) in [6, 6.07) is 5.50. The van der Waals surface area contributed by atoms with Gasteiger partial charge in [0.25, 0.3) is 5.91 Å². The molecule has 3 aliphatic heterocycles. The van der Waals surface area contributed by atoms with Crippen molar-refractivity contribution >= 4 is 17.7 Å². The molecule has 1 aromatic rings. The minimum absolute atomic E-state index is 0.109. The first-order chi connectivity index (χ1) is 13.8. The van der Waals surface area contributed by atoms with Crippen molar-refractivity contribution in [3.63, 3.8) is 0 Å². The molecule has 0 radical (unpaired) electrons. The summed E-state index contributed by atoms with van der Waals surface area (Å²) in [5, 5.41) is 2.34. The predicted molar refractivity (Wildman–Crippen MR) is 109 cm³/mol. The summed E-state index contributed by atoms with van der Waals surface area (Å²) in [6.07, 6.45) is 1.81. The van der Waals surface area contributed by atoms with Crippen LogP contribution in [0.3, 0.4) is 0 Å². The summed E-state index contributed by atoms with van der Waals surface area (Å²) in [5.41, 5.74) is 8.80. The molecule has 1 aromatic carbocycles. The van der Waals surface area contributed by atoms with Crippen molar-refractivity contribution in [3.8, 4) is 0 Å². The van der Waals surface area contributed by atoms with Crippen molar-refractivity contribution in [2.24, 2.45) is 17.1 Å². The lowest BCUT2D eigenvalue weighted by Gasteiger charge is -2.42. The van der Waals surface area contributed by atoms with Crippen molar-refractivity contribution in [1.82, 2.24) is 15.1 Å². The smallest absolute Gasteiger partial charge is 0.255 e. The van der Waals surface area contributed by atoms with E-state index >= 15 is 0 Å². The van der Waals surface area contributed by atoms with Crippen LogP contribution >= 0.6 is 0 Å². The zero-order chi connectivity index (χ0) is 20.8. The van der Waals surface area contributed by atoms with Gasteiger partial charge in [0.1, 0.15) is 6.04 Å². The molecule has 0 saturated carbocycles. The standard InChI is InChI=1S/C22H30N4O3/c1-22(2,13-23)8-15-10-25(11-15)9-14-3-4-16-12-26(21(29)17(16)7-14)18-5-6-19(27)24-20(18)28/h3-4,7,15,18H,5-6,8-13,23H2,1-2H3,(H,24,27,28). The number of likely N-dealkylation sites (tertiary alicyclic amines) is 1. The Hall–Kier alpha value is -2.25. The monoisotopic (exact) mass is 398 g/mol. The van der Waals surface area contributed by atoms with E-state index in [-0.39, 0.29) is 29.6 Å². The fraction of sp³-hybridized carbons (Fsp3) is 0.591. The highest BCUT2D eigenvalue weighted by Gasteiger charge is 2.39. The highest BCUT2D eigenvalue weighted by Crippen LogP contribution is 2.32. The van der Waals surface area contributed by atoms with Crippen molar-refractivity contribution in [1.29, 1.82) is 0 Å². The lowest BCUT2D eigenvalue weighted by Crippen LogP contribution is -2.52. The molecule has 7 nitrogen and oxygen atoms in total. The number of hydrogen-bond donors (Lipinski definition) is 2. The van der Waals surface area contributed by atoms with Crippen LogP contribution in [0.1, 0.15) is 54.6 Å². The van der Waals surface area contributed by atoms with E-state index in [9.17, 15) is 14.4 Å². The molecule has 1 unspecified atom stereocenters. The Morgan fingerprint density at radius 1 is 1.21 bits per heavy atom. The first-order valence-corrected chi connectivity index (χ1v) is 10.4. The van der Waals surface area contributed by atoms with Gasteiger partial charge in [0.2, 0.25) is 11.8 Å². The van der Waals surface area contributed by atoms with Crippen LogP contribution in [0.15, 0.2) is 18.2 Å². The molecule has 0 bridgehead atoms. The van der Waals surface area contributed by atoms with Crippen molar-refractivity contribution in [2.45, 2.75) is 52.2 Å². The molecule has 3 N–H and O–H groups in total. The van der Waals surface area contributed by atoms with Crippen LogP contribution in [0, 0.1) is 11.3 Å². The van der Waals surface area contributed by atoms with Gasteiger partial charge in [-0.05, 0) is 47.9 Å². The number of nitrogens with zero attached hydrogens (tertiary/aromatic N) is 2. The topological polar surface area (TPSA) is 95.7 Å². The first-order valence-electron chi connectivity index (χ1n) is 10.4. The number of nitrogens with one attached hydrogen (secondary N) is 1. The summed E-state index contributed by atoms with van der Waals surface area (Å²) >= 11 is 0. The van der Waals surface area contributed by atoms with Gasteiger partial charge < -0.3 is 10.6 Å². The number of carbonyl (C=O) groups excluding carboxylic acids is 3. The molecule has 0 spiro atoms. The lowest BCUT2D eigenvalue weighted by molar-refractivity contribution is -0.136. The van der Waals surface area contributed by atoms with E-state index in [0.717, 1.165) is 37.2 Å². The van der Waals surface area contributed by atoms with Crippen LogP contribution < -0.4 is 11.1 Å². The van der Waals surface area contributed by atoms with Gasteiger partial charge in [0.05, 0.1) is 0 Å². The molecule has 1 atom stereocenters. The zero-order valence-corrected chi connectivity index (χ0v) is 17.2. The van der Waals surface area contributed by atoms with E-state index in [1.807, 2.05) is 12.1 Å². The number of fused-ring (bicyclic) bond motifs is 1. The molecular weight excluding hydrogens is 368 g/mol. The summed E-state index contributed by atoms with van der Waals surface area (Å²) in [4.78, 5) is 40.5. The van der Waals surface area contributed by atoms with E-state index in [4.69, 9.17) is 5.73 Å². The van der Waals surface area contributed by atoms with Crippen LogP contribution in [0.5, 0.6) is 0 Å². The van der Waals surface area contributed by atoms with Gasteiger partial charge >= 0.3 is 0 Å². The molecule has 3 heterocycles. The third-order valence-corrected chi connectivity index (χ3v) is 6.43. The van der Waals surface area contributed by atoms with Crippen LogP contribution in [0.2, 0.25) is 0 Å². The molecular formula is C22H30N4O3. The third kappa shape index (κ3) is 4.07. The maximum atomic E-state index is 12.9. The van der Waals surface area contributed by atoms with Crippen molar-refractivity contribution in [3.05, 3.63) is 34.9 Å². The lowest BCUT2D eigenvalue weighted by atomic mass is 9.79. The van der Waals surface area contributed by atoms with E-state index in [0.29, 0.717) is 31.0 Å². The first kappa shape index (κ1) is 20.0. The number of hydrogen-bond acceptors (Lipinski definition) is 5. The quantitative estimate of drug-likeness (QED) is 0.704. The van der Waals surface area contributed by atoms with E-state index < -0.39 is 6.04 Å². The minimum atomic E-state index is -0.557.